The highest BCUT2D eigenvalue weighted by Gasteiger charge is 2.45. The maximum atomic E-state index is 14.0. The lowest BCUT2D eigenvalue weighted by Gasteiger charge is -2.38. The molecule has 0 radical (unpaired) electrons. The second-order valence-electron chi connectivity index (χ2n) is 12.8. The van der Waals surface area contributed by atoms with Crippen LogP contribution in [0, 0.1) is 23.7 Å². The van der Waals surface area contributed by atoms with Gasteiger partial charge in [-0.2, -0.15) is 0 Å². The summed E-state index contributed by atoms with van der Waals surface area (Å²) < 4.78 is 5.67. The van der Waals surface area contributed by atoms with Gasteiger partial charge < -0.3 is 30.1 Å². The van der Waals surface area contributed by atoms with Crippen molar-refractivity contribution in [3.63, 3.8) is 0 Å². The molecule has 0 unspecified atom stereocenters. The third kappa shape index (κ3) is 8.47. The predicted molar refractivity (Wildman–Crippen MR) is 161 cm³/mol. The van der Waals surface area contributed by atoms with Crippen molar-refractivity contribution in [2.45, 2.75) is 111 Å². The van der Waals surface area contributed by atoms with Crippen molar-refractivity contribution >= 4 is 35.5 Å². The second kappa shape index (κ2) is 15.5. The minimum absolute atomic E-state index is 0.0157. The fourth-order valence-electron chi connectivity index (χ4n) is 5.72. The first kappa shape index (κ1) is 36.0. The first-order valence-electron chi connectivity index (χ1n) is 15.7. The Morgan fingerprint density at radius 2 is 1.44 bits per heavy atom. The fraction of sp³-hybridized carbons (Fsp3) is 0.806. The van der Waals surface area contributed by atoms with Crippen molar-refractivity contribution in [1.29, 1.82) is 0 Å². The van der Waals surface area contributed by atoms with Crippen LogP contribution in [0.25, 0.3) is 0 Å². The molecule has 12 nitrogen and oxygen atoms in total. The number of hydrogen-bond donors (Lipinski definition) is 2. The minimum Gasteiger partial charge on any atom is -0.452 e. The van der Waals surface area contributed by atoms with Crippen molar-refractivity contribution in [1.82, 2.24) is 25.3 Å². The van der Waals surface area contributed by atoms with Gasteiger partial charge in [0.25, 0.3) is 5.91 Å². The number of fused-ring (bicyclic) bond motifs is 1. The lowest BCUT2D eigenvalue weighted by atomic mass is 9.94. The predicted octanol–water partition coefficient (Wildman–Crippen LogP) is 1.56. The summed E-state index contributed by atoms with van der Waals surface area (Å²) in [6, 6.07) is -3.56. The number of nitrogens with zero attached hydrogens (tertiary/aromatic N) is 3. The van der Waals surface area contributed by atoms with E-state index in [1.54, 1.807) is 14.0 Å². The first-order chi connectivity index (χ1) is 20.1. The monoisotopic (exact) mass is 607 g/mol. The van der Waals surface area contributed by atoms with E-state index < -0.39 is 65.8 Å². The molecule has 0 aromatic carbocycles. The number of likely N-dealkylation sites (N-methyl/N-ethyl adjacent to an activating group) is 2. The average Bonchev–Trinajstić information content (AvgIpc) is 3.37. The number of carbonyl (C=O) groups is 6. The summed E-state index contributed by atoms with van der Waals surface area (Å²) in [6.07, 6.45) is 0.282. The summed E-state index contributed by atoms with van der Waals surface area (Å²) in [5, 5.41) is 5.60. The number of amides is 5. The minimum atomic E-state index is -1.09. The van der Waals surface area contributed by atoms with Gasteiger partial charge in [-0.25, -0.2) is 0 Å². The van der Waals surface area contributed by atoms with Gasteiger partial charge in [-0.3, -0.25) is 28.8 Å². The number of cyclic esters (lactones) is 1. The molecule has 2 heterocycles. The molecule has 2 aliphatic heterocycles. The van der Waals surface area contributed by atoms with Crippen LogP contribution in [0.3, 0.4) is 0 Å². The molecule has 0 spiro atoms. The Balaban J connectivity index is 2.59. The third-order valence-corrected chi connectivity index (χ3v) is 9.12. The van der Waals surface area contributed by atoms with E-state index in [0.717, 1.165) is 0 Å². The maximum absolute atomic E-state index is 14.0. The average molecular weight is 608 g/mol. The van der Waals surface area contributed by atoms with Crippen LogP contribution in [-0.2, 0) is 33.5 Å². The van der Waals surface area contributed by atoms with E-state index in [9.17, 15) is 28.8 Å². The summed E-state index contributed by atoms with van der Waals surface area (Å²) >= 11 is 0. The highest BCUT2D eigenvalue weighted by atomic mass is 16.5. The zero-order chi connectivity index (χ0) is 32.8. The molecular weight excluding hydrogens is 554 g/mol. The van der Waals surface area contributed by atoms with E-state index in [0.29, 0.717) is 25.8 Å². The lowest BCUT2D eigenvalue weighted by Crippen LogP contribution is -2.61. The Hall–Kier alpha value is -3.18. The Kier molecular flexibility index (Phi) is 13.0. The van der Waals surface area contributed by atoms with Gasteiger partial charge in [-0.1, -0.05) is 54.9 Å². The Bertz CT molecular complexity index is 1050. The summed E-state index contributed by atoms with van der Waals surface area (Å²) in [6.45, 7) is 14.9. The Morgan fingerprint density at radius 3 is 2.00 bits per heavy atom. The normalized spacial score (nSPS) is 30.6. The molecule has 2 aliphatic rings. The molecule has 2 saturated heterocycles. The van der Waals surface area contributed by atoms with Gasteiger partial charge in [0.05, 0.1) is 6.42 Å². The number of nitrogens with one attached hydrogen (secondary N) is 2. The first-order valence-corrected chi connectivity index (χ1v) is 15.7. The second-order valence-corrected chi connectivity index (χ2v) is 12.8. The molecule has 2 rings (SSSR count). The van der Waals surface area contributed by atoms with E-state index in [-0.39, 0.29) is 36.6 Å². The topological polar surface area (TPSA) is 145 Å². The Labute approximate surface area is 256 Å². The molecule has 244 valence electrons. The van der Waals surface area contributed by atoms with Gasteiger partial charge in [-0.15, -0.1) is 0 Å². The number of hydrogen-bond acceptors (Lipinski definition) is 7. The molecule has 2 N–H and O–H groups in total. The van der Waals surface area contributed by atoms with Crippen LogP contribution in [0.5, 0.6) is 0 Å². The summed E-state index contributed by atoms with van der Waals surface area (Å²) in [4.78, 5) is 85.3. The van der Waals surface area contributed by atoms with Crippen molar-refractivity contribution in [2.75, 3.05) is 27.2 Å². The van der Waals surface area contributed by atoms with Gasteiger partial charge in [0.15, 0.2) is 6.10 Å². The molecule has 12 heteroatoms. The van der Waals surface area contributed by atoms with Crippen LogP contribution in [0.1, 0.15) is 81.1 Å². The van der Waals surface area contributed by atoms with Crippen LogP contribution < -0.4 is 10.6 Å². The number of rotatable bonds is 5. The van der Waals surface area contributed by atoms with Crippen molar-refractivity contribution in [3.05, 3.63) is 0 Å². The van der Waals surface area contributed by atoms with Gasteiger partial charge in [0.2, 0.25) is 23.6 Å². The summed E-state index contributed by atoms with van der Waals surface area (Å²) in [7, 11) is 3.05. The molecule has 0 aromatic rings. The molecule has 43 heavy (non-hydrogen) atoms. The summed E-state index contributed by atoms with van der Waals surface area (Å²) in [5.41, 5.74) is 0. The number of ether oxygens (including phenoxy) is 1. The van der Waals surface area contributed by atoms with Gasteiger partial charge in [0.1, 0.15) is 24.2 Å². The Morgan fingerprint density at radius 1 is 0.837 bits per heavy atom. The van der Waals surface area contributed by atoms with Gasteiger partial charge >= 0.3 is 5.97 Å². The third-order valence-electron chi connectivity index (χ3n) is 9.12. The molecule has 0 aromatic heterocycles. The number of esters is 1. The molecular formula is C31H53N5O7. The van der Waals surface area contributed by atoms with Crippen LogP contribution >= 0.6 is 0 Å². The standard InChI is InChI=1S/C31H53N5O7/c1-11-19(6)24-29(40)35(10)25(17(3)4)30(41)34(9)21(8)27(38)32-14-13-23(37)43-26(20(7)12-2)31(42)36-16-18(5)15-22(36)28(39)33-24/h17-22,24-26H,11-16H2,1-10H3,(H,32,38)(H,33,39)/t18-,19-,20+,21+,22-,24+,25+,26+/m0/s1. The van der Waals surface area contributed by atoms with Crippen molar-refractivity contribution < 1.29 is 33.5 Å². The highest BCUT2D eigenvalue weighted by Crippen LogP contribution is 2.28. The van der Waals surface area contributed by atoms with Gasteiger partial charge in [0, 0.05) is 33.1 Å². The highest BCUT2D eigenvalue weighted by molar-refractivity contribution is 5.96. The maximum Gasteiger partial charge on any atom is 0.308 e. The fourth-order valence-corrected chi connectivity index (χ4v) is 5.72. The molecule has 0 bridgehead atoms. The largest absolute Gasteiger partial charge is 0.452 e. The SMILES string of the molecule is CC[C@@H](C)[C@H]1OC(=O)CCNC(=O)[C@@H](C)N(C)C(=O)[C@@H](C(C)C)N(C)C(=O)[C@@H]([C@@H](C)CC)NC(=O)[C@@H]2C[C@H](C)CN2C1=O. The molecule has 8 atom stereocenters. The van der Waals surface area contributed by atoms with Crippen molar-refractivity contribution in [3.8, 4) is 0 Å². The quantitative estimate of drug-likeness (QED) is 0.451. The van der Waals surface area contributed by atoms with E-state index >= 15 is 0 Å². The zero-order valence-electron chi connectivity index (χ0n) is 27.6. The summed E-state index contributed by atoms with van der Waals surface area (Å²) in [5.74, 6) is -3.71. The van der Waals surface area contributed by atoms with Crippen LogP contribution in [-0.4, -0.2) is 108 Å². The molecule has 0 aliphatic carbocycles. The zero-order valence-corrected chi connectivity index (χ0v) is 27.6. The van der Waals surface area contributed by atoms with Crippen LogP contribution in [0.4, 0.5) is 0 Å². The van der Waals surface area contributed by atoms with E-state index in [2.05, 4.69) is 10.6 Å². The van der Waals surface area contributed by atoms with Crippen LogP contribution in [0.2, 0.25) is 0 Å². The molecule has 0 saturated carbocycles. The van der Waals surface area contributed by atoms with Gasteiger partial charge in [-0.05, 0) is 37.5 Å². The van der Waals surface area contributed by atoms with E-state index in [4.69, 9.17) is 4.74 Å². The number of carbonyl (C=O) groups excluding carboxylic acids is 6. The molecule has 5 amide bonds. The van der Waals surface area contributed by atoms with E-state index in [1.165, 1.54) is 21.7 Å². The lowest BCUT2D eigenvalue weighted by molar-refractivity contribution is -0.165. The molecule has 2 fully saturated rings. The van der Waals surface area contributed by atoms with Crippen LogP contribution in [0.15, 0.2) is 0 Å². The van der Waals surface area contributed by atoms with Crippen molar-refractivity contribution in [2.24, 2.45) is 23.7 Å². The smallest absolute Gasteiger partial charge is 0.308 e. The van der Waals surface area contributed by atoms with E-state index in [1.807, 2.05) is 48.5 Å².